The zero-order chi connectivity index (χ0) is 12.3. The molecule has 2 N–H and O–H groups in total. The summed E-state index contributed by atoms with van der Waals surface area (Å²) < 4.78 is 0. The van der Waals surface area contributed by atoms with E-state index in [1.807, 2.05) is 0 Å². The topological polar surface area (TPSA) is 81.1 Å². The molecule has 0 unspecified atom stereocenters. The van der Waals surface area contributed by atoms with Crippen LogP contribution in [0.2, 0.25) is 0 Å². The van der Waals surface area contributed by atoms with Crippen LogP contribution >= 0.6 is 0 Å². The molecular formula is C10H16N2O4. The normalized spacial score (nSPS) is 24.2. The molecule has 1 aliphatic rings. The number of amides is 2. The van der Waals surface area contributed by atoms with Gasteiger partial charge in [0.25, 0.3) is 0 Å². The number of aliphatic carboxylic acids is 1. The van der Waals surface area contributed by atoms with E-state index in [0.717, 1.165) is 0 Å². The first kappa shape index (κ1) is 12.5. The summed E-state index contributed by atoms with van der Waals surface area (Å²) in [5.74, 6) is -1.09. The highest BCUT2D eigenvalue weighted by Gasteiger charge is 2.39. The summed E-state index contributed by atoms with van der Waals surface area (Å²) in [5, 5.41) is 18.3. The van der Waals surface area contributed by atoms with Crippen molar-refractivity contribution in [2.75, 3.05) is 20.1 Å². The lowest BCUT2D eigenvalue weighted by molar-refractivity contribution is -0.141. The first-order chi connectivity index (χ1) is 7.47. The van der Waals surface area contributed by atoms with Gasteiger partial charge in [-0.05, 0) is 0 Å². The van der Waals surface area contributed by atoms with Gasteiger partial charge in [-0.2, -0.15) is 0 Å². The van der Waals surface area contributed by atoms with Crippen LogP contribution in [0.3, 0.4) is 0 Å². The Bertz CT molecular complexity index is 305. The number of aliphatic hydroxyl groups excluding tert-OH is 1. The standard InChI is InChI=1S/C10H16N2O4/c1-3-4-11(2)10(16)12-6-7(13)5-8(12)9(14)15/h3,7-8,13H,1,4-6H2,2H3,(H,14,15)/t7-,8-/m1/s1. The lowest BCUT2D eigenvalue weighted by Gasteiger charge is -2.26. The molecule has 0 saturated carbocycles. The average Bonchev–Trinajstić information content (AvgIpc) is 2.59. The van der Waals surface area contributed by atoms with Crippen molar-refractivity contribution in [1.82, 2.24) is 9.80 Å². The largest absolute Gasteiger partial charge is 0.480 e. The zero-order valence-corrected chi connectivity index (χ0v) is 9.17. The van der Waals surface area contributed by atoms with Gasteiger partial charge in [0.1, 0.15) is 6.04 Å². The Kier molecular flexibility index (Phi) is 3.89. The van der Waals surface area contributed by atoms with E-state index in [1.54, 1.807) is 13.1 Å². The van der Waals surface area contributed by atoms with Crippen LogP contribution in [0.15, 0.2) is 12.7 Å². The van der Waals surface area contributed by atoms with Gasteiger partial charge in [0, 0.05) is 26.6 Å². The number of carbonyl (C=O) groups is 2. The number of β-amino-alcohol motifs (C(OH)–C–C–N with tert-alkyl or cyclic N) is 1. The molecule has 16 heavy (non-hydrogen) atoms. The Morgan fingerprint density at radius 3 is 2.75 bits per heavy atom. The van der Waals surface area contributed by atoms with Crippen molar-refractivity contribution in [2.45, 2.75) is 18.6 Å². The van der Waals surface area contributed by atoms with E-state index in [1.165, 1.54) is 9.80 Å². The minimum atomic E-state index is -1.09. The lowest BCUT2D eigenvalue weighted by Crippen LogP contribution is -2.46. The van der Waals surface area contributed by atoms with Gasteiger partial charge in [0.15, 0.2) is 0 Å². The third-order valence-corrected chi connectivity index (χ3v) is 2.54. The van der Waals surface area contributed by atoms with Gasteiger partial charge in [-0.25, -0.2) is 9.59 Å². The number of nitrogens with zero attached hydrogens (tertiary/aromatic N) is 2. The Morgan fingerprint density at radius 2 is 2.25 bits per heavy atom. The maximum atomic E-state index is 11.8. The molecule has 1 heterocycles. The fourth-order valence-corrected chi connectivity index (χ4v) is 1.75. The molecule has 0 aromatic carbocycles. The highest BCUT2D eigenvalue weighted by molar-refractivity contribution is 5.83. The number of rotatable bonds is 3. The minimum absolute atomic E-state index is 0.0667. The second-order valence-corrected chi connectivity index (χ2v) is 3.85. The number of urea groups is 1. The fraction of sp³-hybridized carbons (Fsp3) is 0.600. The van der Waals surface area contributed by atoms with E-state index in [-0.39, 0.29) is 13.0 Å². The molecule has 2 atom stereocenters. The van der Waals surface area contributed by atoms with Gasteiger partial charge < -0.3 is 20.0 Å². The smallest absolute Gasteiger partial charge is 0.326 e. The van der Waals surface area contributed by atoms with Crippen LogP contribution in [-0.2, 0) is 4.79 Å². The van der Waals surface area contributed by atoms with E-state index < -0.39 is 24.1 Å². The number of carboxylic acid groups (broad SMARTS) is 1. The van der Waals surface area contributed by atoms with Crippen LogP contribution in [0.1, 0.15) is 6.42 Å². The molecule has 0 bridgehead atoms. The van der Waals surface area contributed by atoms with Gasteiger partial charge >= 0.3 is 12.0 Å². The van der Waals surface area contributed by atoms with Crippen LogP contribution < -0.4 is 0 Å². The van der Waals surface area contributed by atoms with E-state index in [2.05, 4.69) is 6.58 Å². The molecule has 6 nitrogen and oxygen atoms in total. The van der Waals surface area contributed by atoms with Crippen molar-refractivity contribution < 1.29 is 19.8 Å². The van der Waals surface area contributed by atoms with Gasteiger partial charge in [-0.3, -0.25) is 0 Å². The number of hydrogen-bond donors (Lipinski definition) is 2. The Labute approximate surface area is 93.8 Å². The molecule has 1 fully saturated rings. The van der Waals surface area contributed by atoms with Crippen molar-refractivity contribution in [1.29, 1.82) is 0 Å². The maximum Gasteiger partial charge on any atom is 0.326 e. The van der Waals surface area contributed by atoms with Gasteiger partial charge in [0.05, 0.1) is 6.10 Å². The molecule has 0 aromatic rings. The first-order valence-electron chi connectivity index (χ1n) is 5.01. The molecule has 2 amide bonds. The van der Waals surface area contributed by atoms with E-state index in [9.17, 15) is 14.7 Å². The summed E-state index contributed by atoms with van der Waals surface area (Å²) in [4.78, 5) is 25.3. The predicted octanol–water partition coefficient (Wildman–Crippen LogP) is -0.256. The summed E-state index contributed by atoms with van der Waals surface area (Å²) in [6, 6.07) is -1.33. The Morgan fingerprint density at radius 1 is 1.62 bits per heavy atom. The van der Waals surface area contributed by atoms with Crippen molar-refractivity contribution in [3.8, 4) is 0 Å². The molecule has 0 radical (unpaired) electrons. The molecule has 1 rings (SSSR count). The molecule has 6 heteroatoms. The minimum Gasteiger partial charge on any atom is -0.480 e. The summed E-state index contributed by atoms with van der Waals surface area (Å²) >= 11 is 0. The number of likely N-dealkylation sites (tertiary alicyclic amines) is 1. The summed E-state index contributed by atoms with van der Waals surface area (Å²) in [5.41, 5.74) is 0. The SMILES string of the molecule is C=CCN(C)C(=O)N1C[C@H](O)C[C@@H]1C(=O)O. The summed E-state index contributed by atoms with van der Waals surface area (Å²) in [6.07, 6.45) is 0.880. The number of carboxylic acids is 1. The Hall–Kier alpha value is -1.56. The van der Waals surface area contributed by atoms with Crippen LogP contribution in [0.25, 0.3) is 0 Å². The predicted molar refractivity (Wildman–Crippen MR) is 57.0 cm³/mol. The molecule has 0 aliphatic carbocycles. The second kappa shape index (κ2) is 4.98. The average molecular weight is 228 g/mol. The van der Waals surface area contributed by atoms with Crippen LogP contribution in [0.5, 0.6) is 0 Å². The van der Waals surface area contributed by atoms with Crippen LogP contribution in [-0.4, -0.2) is 64.3 Å². The van der Waals surface area contributed by atoms with E-state index >= 15 is 0 Å². The van der Waals surface area contributed by atoms with Crippen LogP contribution in [0, 0.1) is 0 Å². The molecule has 1 aliphatic heterocycles. The van der Waals surface area contributed by atoms with Crippen LogP contribution in [0.4, 0.5) is 4.79 Å². The van der Waals surface area contributed by atoms with E-state index in [0.29, 0.717) is 6.54 Å². The Balaban J connectivity index is 2.73. The lowest BCUT2D eigenvalue weighted by atomic mass is 10.2. The van der Waals surface area contributed by atoms with Gasteiger partial charge in [0.2, 0.25) is 0 Å². The van der Waals surface area contributed by atoms with Crippen molar-refractivity contribution >= 4 is 12.0 Å². The molecular weight excluding hydrogens is 212 g/mol. The molecule has 0 aromatic heterocycles. The molecule has 1 saturated heterocycles. The highest BCUT2D eigenvalue weighted by Crippen LogP contribution is 2.19. The number of likely N-dealkylation sites (N-methyl/N-ethyl adjacent to an activating group) is 1. The van der Waals surface area contributed by atoms with Gasteiger partial charge in [-0.1, -0.05) is 6.08 Å². The maximum absolute atomic E-state index is 11.8. The zero-order valence-electron chi connectivity index (χ0n) is 9.17. The van der Waals surface area contributed by atoms with Crippen molar-refractivity contribution in [3.05, 3.63) is 12.7 Å². The number of carbonyl (C=O) groups excluding carboxylic acids is 1. The third-order valence-electron chi connectivity index (χ3n) is 2.54. The quantitative estimate of drug-likeness (QED) is 0.652. The van der Waals surface area contributed by atoms with E-state index in [4.69, 9.17) is 5.11 Å². The second-order valence-electron chi connectivity index (χ2n) is 3.85. The molecule has 90 valence electrons. The van der Waals surface area contributed by atoms with Crippen molar-refractivity contribution in [3.63, 3.8) is 0 Å². The van der Waals surface area contributed by atoms with Gasteiger partial charge in [-0.15, -0.1) is 6.58 Å². The fourth-order valence-electron chi connectivity index (χ4n) is 1.75. The van der Waals surface area contributed by atoms with Crippen molar-refractivity contribution in [2.24, 2.45) is 0 Å². The summed E-state index contributed by atoms with van der Waals surface area (Å²) in [6.45, 7) is 3.91. The highest BCUT2D eigenvalue weighted by atomic mass is 16.4. The number of aliphatic hydroxyl groups is 1. The number of hydrogen-bond acceptors (Lipinski definition) is 3. The monoisotopic (exact) mass is 228 g/mol. The summed E-state index contributed by atoms with van der Waals surface area (Å²) in [7, 11) is 1.56. The third kappa shape index (κ3) is 2.52. The molecule has 0 spiro atoms. The first-order valence-corrected chi connectivity index (χ1v) is 5.01.